The largest absolute Gasteiger partial charge is 0.454 e. The third-order valence-electron chi connectivity index (χ3n) is 4.27. The zero-order valence-corrected chi connectivity index (χ0v) is 15.4. The lowest BCUT2D eigenvalue weighted by molar-refractivity contribution is -0.115. The highest BCUT2D eigenvalue weighted by Gasteiger charge is 2.15. The van der Waals surface area contributed by atoms with Gasteiger partial charge in [0.1, 0.15) is 0 Å². The first-order valence-corrected chi connectivity index (χ1v) is 9.18. The quantitative estimate of drug-likeness (QED) is 0.746. The second-order valence-corrected chi connectivity index (χ2v) is 7.12. The van der Waals surface area contributed by atoms with E-state index in [1.807, 2.05) is 49.6 Å². The van der Waals surface area contributed by atoms with E-state index in [0.29, 0.717) is 11.6 Å². The molecule has 1 aromatic heterocycles. The second-order valence-electron chi connectivity index (χ2n) is 6.26. The average molecular weight is 366 g/mol. The Kier molecular flexibility index (Phi) is 4.34. The van der Waals surface area contributed by atoms with Gasteiger partial charge in [0, 0.05) is 10.9 Å². The maximum Gasteiger partial charge on any atom is 0.231 e. The highest BCUT2D eigenvalue weighted by molar-refractivity contribution is 7.14. The molecule has 0 radical (unpaired) electrons. The van der Waals surface area contributed by atoms with E-state index in [1.54, 1.807) is 0 Å². The van der Waals surface area contributed by atoms with Gasteiger partial charge in [-0.2, -0.15) is 0 Å². The van der Waals surface area contributed by atoms with Crippen LogP contribution in [0.3, 0.4) is 0 Å². The lowest BCUT2D eigenvalue weighted by Gasteiger charge is -2.06. The number of nitrogens with one attached hydrogen (secondary N) is 1. The first-order chi connectivity index (χ1) is 12.6. The summed E-state index contributed by atoms with van der Waals surface area (Å²) < 4.78 is 10.7. The number of anilines is 1. The number of thiazole rings is 1. The fourth-order valence-corrected chi connectivity index (χ4v) is 3.64. The number of amides is 1. The highest BCUT2D eigenvalue weighted by Crippen LogP contribution is 2.36. The molecule has 0 spiro atoms. The molecule has 4 rings (SSSR count). The van der Waals surface area contributed by atoms with Crippen molar-refractivity contribution >= 4 is 22.4 Å². The number of hydrogen-bond donors (Lipinski definition) is 1. The molecule has 1 N–H and O–H groups in total. The molecule has 0 fully saturated rings. The SMILES string of the molecule is Cc1ccc(CC(=O)Nc2nc(-c3ccc4c(c3)OCO4)cs2)c(C)c1. The summed E-state index contributed by atoms with van der Waals surface area (Å²) in [5, 5.41) is 5.40. The van der Waals surface area contributed by atoms with Crippen molar-refractivity contribution in [2.24, 2.45) is 0 Å². The van der Waals surface area contributed by atoms with Crippen LogP contribution in [0.15, 0.2) is 41.8 Å². The van der Waals surface area contributed by atoms with Gasteiger partial charge in [-0.15, -0.1) is 11.3 Å². The Bertz CT molecular complexity index is 981. The molecule has 0 unspecified atom stereocenters. The molecule has 0 saturated heterocycles. The van der Waals surface area contributed by atoms with Crippen molar-refractivity contribution in [3.05, 3.63) is 58.5 Å². The lowest BCUT2D eigenvalue weighted by Crippen LogP contribution is -2.14. The van der Waals surface area contributed by atoms with Crippen molar-refractivity contribution < 1.29 is 14.3 Å². The average Bonchev–Trinajstić information content (AvgIpc) is 3.25. The van der Waals surface area contributed by atoms with Crippen LogP contribution < -0.4 is 14.8 Å². The van der Waals surface area contributed by atoms with Crippen LogP contribution in [0.5, 0.6) is 11.5 Å². The number of aryl methyl sites for hydroxylation is 2. The topological polar surface area (TPSA) is 60.5 Å². The Morgan fingerprint density at radius 1 is 1.15 bits per heavy atom. The monoisotopic (exact) mass is 366 g/mol. The Morgan fingerprint density at radius 3 is 2.85 bits per heavy atom. The first-order valence-electron chi connectivity index (χ1n) is 8.30. The zero-order valence-electron chi connectivity index (χ0n) is 14.5. The number of carbonyl (C=O) groups is 1. The molecule has 0 saturated carbocycles. The smallest absolute Gasteiger partial charge is 0.231 e. The molecular weight excluding hydrogens is 348 g/mol. The number of carbonyl (C=O) groups excluding carboxylic acids is 1. The van der Waals surface area contributed by atoms with Crippen LogP contribution in [0.25, 0.3) is 11.3 Å². The van der Waals surface area contributed by atoms with Crippen LogP contribution in [0.2, 0.25) is 0 Å². The van der Waals surface area contributed by atoms with Crippen LogP contribution >= 0.6 is 11.3 Å². The molecule has 1 amide bonds. The third-order valence-corrected chi connectivity index (χ3v) is 5.03. The van der Waals surface area contributed by atoms with E-state index in [1.165, 1.54) is 16.9 Å². The van der Waals surface area contributed by atoms with E-state index in [-0.39, 0.29) is 12.7 Å². The van der Waals surface area contributed by atoms with Crippen LogP contribution in [0.1, 0.15) is 16.7 Å². The van der Waals surface area contributed by atoms with Crippen molar-refractivity contribution in [2.75, 3.05) is 12.1 Å². The standard InChI is InChI=1S/C20H18N2O3S/c1-12-3-4-14(13(2)7-12)9-19(23)22-20-21-16(10-26-20)15-5-6-17-18(8-15)25-11-24-17/h3-8,10H,9,11H2,1-2H3,(H,21,22,23). The summed E-state index contributed by atoms with van der Waals surface area (Å²) in [6.07, 6.45) is 0.338. The Hall–Kier alpha value is -2.86. The van der Waals surface area contributed by atoms with Gasteiger partial charge in [0.05, 0.1) is 12.1 Å². The number of ether oxygens (including phenoxy) is 2. The third kappa shape index (κ3) is 3.41. The number of rotatable bonds is 4. The van der Waals surface area contributed by atoms with Crippen molar-refractivity contribution in [1.82, 2.24) is 4.98 Å². The van der Waals surface area contributed by atoms with Gasteiger partial charge in [0.25, 0.3) is 0 Å². The fraction of sp³-hybridized carbons (Fsp3) is 0.200. The molecule has 1 aliphatic rings. The number of hydrogen-bond acceptors (Lipinski definition) is 5. The zero-order chi connectivity index (χ0) is 18.1. The minimum atomic E-state index is -0.0662. The molecule has 0 bridgehead atoms. The number of nitrogens with zero attached hydrogens (tertiary/aromatic N) is 1. The van der Waals surface area contributed by atoms with Gasteiger partial charge in [-0.25, -0.2) is 4.98 Å². The number of benzene rings is 2. The molecule has 2 aromatic carbocycles. The van der Waals surface area contributed by atoms with E-state index in [9.17, 15) is 4.79 Å². The molecule has 3 aromatic rings. The van der Waals surface area contributed by atoms with Gasteiger partial charge in [-0.1, -0.05) is 23.8 Å². The summed E-state index contributed by atoms with van der Waals surface area (Å²) in [5.74, 6) is 1.39. The van der Waals surface area contributed by atoms with E-state index in [4.69, 9.17) is 9.47 Å². The predicted octanol–water partition coefficient (Wildman–Crippen LogP) is 4.34. The maximum absolute atomic E-state index is 12.3. The maximum atomic E-state index is 12.3. The number of fused-ring (bicyclic) bond motifs is 1. The molecular formula is C20H18N2O3S. The molecule has 5 nitrogen and oxygen atoms in total. The summed E-state index contributed by atoms with van der Waals surface area (Å²) in [4.78, 5) is 16.9. The van der Waals surface area contributed by atoms with Crippen molar-refractivity contribution in [3.8, 4) is 22.8 Å². The summed E-state index contributed by atoms with van der Waals surface area (Å²) >= 11 is 1.41. The number of aromatic nitrogens is 1. The summed E-state index contributed by atoms with van der Waals surface area (Å²) in [5.41, 5.74) is 5.08. The van der Waals surface area contributed by atoms with Crippen molar-refractivity contribution in [2.45, 2.75) is 20.3 Å². The molecule has 0 aliphatic carbocycles. The highest BCUT2D eigenvalue weighted by atomic mass is 32.1. The molecule has 132 valence electrons. The van der Waals surface area contributed by atoms with Crippen molar-refractivity contribution in [1.29, 1.82) is 0 Å². The normalized spacial score (nSPS) is 12.2. The molecule has 26 heavy (non-hydrogen) atoms. The Labute approximate surface area is 155 Å². The van der Waals surface area contributed by atoms with Gasteiger partial charge in [0.2, 0.25) is 12.7 Å². The van der Waals surface area contributed by atoms with Gasteiger partial charge < -0.3 is 14.8 Å². The molecule has 0 atom stereocenters. The predicted molar refractivity (Wildman–Crippen MR) is 102 cm³/mol. The van der Waals surface area contributed by atoms with Gasteiger partial charge in [-0.05, 0) is 43.2 Å². The summed E-state index contributed by atoms with van der Waals surface area (Å²) in [6, 6.07) is 11.8. The molecule has 1 aliphatic heterocycles. The Balaban J connectivity index is 1.45. The minimum absolute atomic E-state index is 0.0662. The van der Waals surface area contributed by atoms with E-state index >= 15 is 0 Å². The van der Waals surface area contributed by atoms with Crippen LogP contribution in [0, 0.1) is 13.8 Å². The van der Waals surface area contributed by atoms with Gasteiger partial charge >= 0.3 is 0 Å². The van der Waals surface area contributed by atoms with E-state index in [2.05, 4.69) is 16.4 Å². The molecule has 2 heterocycles. The van der Waals surface area contributed by atoms with Crippen LogP contribution in [0.4, 0.5) is 5.13 Å². The molecule has 6 heteroatoms. The van der Waals surface area contributed by atoms with Gasteiger partial charge in [-0.3, -0.25) is 4.79 Å². The van der Waals surface area contributed by atoms with E-state index < -0.39 is 0 Å². The summed E-state index contributed by atoms with van der Waals surface area (Å²) in [6.45, 7) is 4.32. The second kappa shape index (κ2) is 6.80. The first kappa shape index (κ1) is 16.6. The van der Waals surface area contributed by atoms with Gasteiger partial charge in [0.15, 0.2) is 16.6 Å². The summed E-state index contributed by atoms with van der Waals surface area (Å²) in [7, 11) is 0. The fourth-order valence-electron chi connectivity index (χ4n) is 2.90. The van der Waals surface area contributed by atoms with Crippen LogP contribution in [-0.4, -0.2) is 17.7 Å². The van der Waals surface area contributed by atoms with E-state index in [0.717, 1.165) is 33.9 Å². The van der Waals surface area contributed by atoms with Crippen LogP contribution in [-0.2, 0) is 11.2 Å². The minimum Gasteiger partial charge on any atom is -0.454 e. The van der Waals surface area contributed by atoms with Crippen molar-refractivity contribution in [3.63, 3.8) is 0 Å². The lowest BCUT2D eigenvalue weighted by atomic mass is 10.0. The Morgan fingerprint density at radius 2 is 2.00 bits per heavy atom.